The third-order valence-electron chi connectivity index (χ3n) is 2.47. The van der Waals surface area contributed by atoms with Gasteiger partial charge >= 0.3 is 0 Å². The molecule has 0 saturated carbocycles. The first-order valence-electron chi connectivity index (χ1n) is 4.96. The first-order chi connectivity index (χ1) is 7.54. The van der Waals surface area contributed by atoms with Gasteiger partial charge in [-0.2, -0.15) is 5.10 Å². The SMILES string of the molecule is CSc1nc2cc(C)nn2c(C)c1C(C)=O. The van der Waals surface area contributed by atoms with Gasteiger partial charge in [0, 0.05) is 6.07 Å². The van der Waals surface area contributed by atoms with E-state index in [4.69, 9.17) is 0 Å². The Morgan fingerprint density at radius 2 is 2.12 bits per heavy atom. The number of hydrogen-bond acceptors (Lipinski definition) is 4. The number of aromatic nitrogens is 3. The largest absolute Gasteiger partial charge is 0.294 e. The second-order valence-electron chi connectivity index (χ2n) is 3.69. The number of nitrogens with zero attached hydrogens (tertiary/aromatic N) is 3. The van der Waals surface area contributed by atoms with Crippen LogP contribution in [0.4, 0.5) is 0 Å². The Labute approximate surface area is 98.1 Å². The van der Waals surface area contributed by atoms with Crippen LogP contribution in [0.1, 0.15) is 28.7 Å². The number of fused-ring (bicyclic) bond motifs is 1. The maximum atomic E-state index is 11.6. The minimum Gasteiger partial charge on any atom is -0.294 e. The van der Waals surface area contributed by atoms with Crippen LogP contribution in [-0.4, -0.2) is 26.6 Å². The first-order valence-corrected chi connectivity index (χ1v) is 6.19. The van der Waals surface area contributed by atoms with Crippen LogP contribution in [0.15, 0.2) is 11.1 Å². The summed E-state index contributed by atoms with van der Waals surface area (Å²) in [7, 11) is 0. The van der Waals surface area contributed by atoms with Gasteiger partial charge in [-0.15, -0.1) is 11.8 Å². The number of ketones is 1. The molecule has 0 bridgehead atoms. The fraction of sp³-hybridized carbons (Fsp3) is 0.364. The van der Waals surface area contributed by atoms with Crippen LogP contribution in [0.25, 0.3) is 5.65 Å². The molecule has 0 atom stereocenters. The Bertz CT molecular complexity index is 574. The van der Waals surface area contributed by atoms with Gasteiger partial charge in [0.1, 0.15) is 5.03 Å². The van der Waals surface area contributed by atoms with E-state index in [-0.39, 0.29) is 5.78 Å². The van der Waals surface area contributed by atoms with Crippen molar-refractivity contribution in [3.63, 3.8) is 0 Å². The number of aryl methyl sites for hydroxylation is 2. The third kappa shape index (κ3) is 1.61. The van der Waals surface area contributed by atoms with Crippen LogP contribution >= 0.6 is 11.8 Å². The van der Waals surface area contributed by atoms with E-state index >= 15 is 0 Å². The van der Waals surface area contributed by atoms with Gasteiger partial charge in [0.05, 0.1) is 17.0 Å². The minimum atomic E-state index is 0.0319. The fourth-order valence-corrected chi connectivity index (χ4v) is 2.47. The lowest BCUT2D eigenvalue weighted by Crippen LogP contribution is -2.08. The molecule has 4 nitrogen and oxygen atoms in total. The smallest absolute Gasteiger partial charge is 0.164 e. The lowest BCUT2D eigenvalue weighted by Gasteiger charge is -2.08. The van der Waals surface area contributed by atoms with Gasteiger partial charge < -0.3 is 0 Å². The molecule has 0 unspecified atom stereocenters. The van der Waals surface area contributed by atoms with E-state index < -0.39 is 0 Å². The molecular formula is C11H13N3OS. The molecule has 0 radical (unpaired) electrons. The lowest BCUT2D eigenvalue weighted by atomic mass is 10.2. The fourth-order valence-electron chi connectivity index (χ4n) is 1.79. The van der Waals surface area contributed by atoms with E-state index in [1.165, 1.54) is 11.8 Å². The predicted octanol–water partition coefficient (Wildman–Crippen LogP) is 2.27. The first kappa shape index (κ1) is 11.1. The van der Waals surface area contributed by atoms with E-state index in [0.29, 0.717) is 5.56 Å². The normalized spacial score (nSPS) is 11.0. The van der Waals surface area contributed by atoms with Gasteiger partial charge in [-0.05, 0) is 27.0 Å². The molecule has 0 amide bonds. The molecule has 0 aliphatic heterocycles. The summed E-state index contributed by atoms with van der Waals surface area (Å²) in [6.45, 7) is 5.38. The number of carbonyl (C=O) groups is 1. The molecule has 2 rings (SSSR count). The standard InChI is InChI=1S/C11H13N3OS/c1-6-5-9-12-11(16-4)10(8(3)15)7(2)14(9)13-6/h5H,1-4H3. The summed E-state index contributed by atoms with van der Waals surface area (Å²) in [5, 5.41) is 5.10. The van der Waals surface area contributed by atoms with E-state index in [0.717, 1.165) is 22.1 Å². The second-order valence-corrected chi connectivity index (χ2v) is 4.49. The maximum absolute atomic E-state index is 11.6. The molecule has 16 heavy (non-hydrogen) atoms. The topological polar surface area (TPSA) is 47.3 Å². The Kier molecular flexibility index (Phi) is 2.71. The van der Waals surface area contributed by atoms with Gasteiger partial charge in [-0.25, -0.2) is 9.50 Å². The highest BCUT2D eigenvalue weighted by molar-refractivity contribution is 7.98. The average Bonchev–Trinajstić information content (AvgIpc) is 2.58. The number of hydrogen-bond donors (Lipinski definition) is 0. The van der Waals surface area contributed by atoms with Crippen molar-refractivity contribution in [2.24, 2.45) is 0 Å². The summed E-state index contributed by atoms with van der Waals surface area (Å²) in [4.78, 5) is 16.0. The van der Waals surface area contributed by atoms with Crippen molar-refractivity contribution in [3.8, 4) is 0 Å². The molecule has 2 aromatic rings. The number of Topliss-reactive ketones (excluding diaryl/α,β-unsaturated/α-hetero) is 1. The zero-order valence-corrected chi connectivity index (χ0v) is 10.6. The number of carbonyl (C=O) groups excluding carboxylic acids is 1. The Hall–Kier alpha value is -1.36. The summed E-state index contributed by atoms with van der Waals surface area (Å²) < 4.78 is 1.73. The van der Waals surface area contributed by atoms with E-state index in [1.807, 2.05) is 26.2 Å². The van der Waals surface area contributed by atoms with Crippen LogP contribution in [0.2, 0.25) is 0 Å². The Morgan fingerprint density at radius 1 is 1.44 bits per heavy atom. The average molecular weight is 235 g/mol. The molecule has 0 aliphatic rings. The van der Waals surface area contributed by atoms with Crippen molar-refractivity contribution in [1.29, 1.82) is 0 Å². The van der Waals surface area contributed by atoms with Crippen molar-refractivity contribution in [2.75, 3.05) is 6.26 Å². The summed E-state index contributed by atoms with van der Waals surface area (Å²) in [5.74, 6) is 0.0319. The molecule has 84 valence electrons. The molecular weight excluding hydrogens is 222 g/mol. The highest BCUT2D eigenvalue weighted by Crippen LogP contribution is 2.23. The molecule has 2 heterocycles. The van der Waals surface area contributed by atoms with Gasteiger partial charge in [0.15, 0.2) is 11.4 Å². The van der Waals surface area contributed by atoms with Gasteiger partial charge in [-0.1, -0.05) is 0 Å². The van der Waals surface area contributed by atoms with Crippen molar-refractivity contribution in [2.45, 2.75) is 25.8 Å². The van der Waals surface area contributed by atoms with E-state index in [9.17, 15) is 4.79 Å². The molecule has 0 N–H and O–H groups in total. The lowest BCUT2D eigenvalue weighted by molar-refractivity contribution is 0.101. The van der Waals surface area contributed by atoms with Gasteiger partial charge in [-0.3, -0.25) is 4.79 Å². The quantitative estimate of drug-likeness (QED) is 0.455. The molecule has 0 aliphatic carbocycles. The summed E-state index contributed by atoms with van der Waals surface area (Å²) in [6, 6.07) is 1.91. The Morgan fingerprint density at radius 3 is 2.69 bits per heavy atom. The molecule has 0 spiro atoms. The predicted molar refractivity (Wildman–Crippen MR) is 64.2 cm³/mol. The monoisotopic (exact) mass is 235 g/mol. The van der Waals surface area contributed by atoms with Crippen molar-refractivity contribution in [1.82, 2.24) is 14.6 Å². The van der Waals surface area contributed by atoms with Crippen molar-refractivity contribution < 1.29 is 4.79 Å². The van der Waals surface area contributed by atoms with Crippen LogP contribution in [0.5, 0.6) is 0 Å². The minimum absolute atomic E-state index is 0.0319. The van der Waals surface area contributed by atoms with Crippen LogP contribution in [-0.2, 0) is 0 Å². The zero-order chi connectivity index (χ0) is 11.9. The van der Waals surface area contributed by atoms with Gasteiger partial charge in [0.2, 0.25) is 0 Å². The molecule has 5 heteroatoms. The van der Waals surface area contributed by atoms with E-state index in [1.54, 1.807) is 11.4 Å². The van der Waals surface area contributed by atoms with Crippen LogP contribution < -0.4 is 0 Å². The zero-order valence-electron chi connectivity index (χ0n) is 9.74. The molecule has 0 fully saturated rings. The van der Waals surface area contributed by atoms with E-state index in [2.05, 4.69) is 10.1 Å². The summed E-state index contributed by atoms with van der Waals surface area (Å²) in [5.41, 5.74) is 3.23. The van der Waals surface area contributed by atoms with Crippen molar-refractivity contribution in [3.05, 3.63) is 23.0 Å². The molecule has 0 saturated heterocycles. The maximum Gasteiger partial charge on any atom is 0.164 e. The highest BCUT2D eigenvalue weighted by Gasteiger charge is 2.16. The number of thioether (sulfide) groups is 1. The van der Waals surface area contributed by atoms with Crippen LogP contribution in [0, 0.1) is 13.8 Å². The number of rotatable bonds is 2. The summed E-state index contributed by atoms with van der Waals surface area (Å²) >= 11 is 1.49. The summed E-state index contributed by atoms with van der Waals surface area (Å²) in [6.07, 6.45) is 1.92. The molecule has 0 aromatic carbocycles. The van der Waals surface area contributed by atoms with Gasteiger partial charge in [0.25, 0.3) is 0 Å². The third-order valence-corrected chi connectivity index (χ3v) is 3.15. The van der Waals surface area contributed by atoms with Crippen molar-refractivity contribution >= 4 is 23.2 Å². The molecule has 2 aromatic heterocycles. The Balaban J connectivity index is 2.86. The second kappa shape index (κ2) is 3.90. The highest BCUT2D eigenvalue weighted by atomic mass is 32.2. The van der Waals surface area contributed by atoms with Crippen LogP contribution in [0.3, 0.4) is 0 Å².